The van der Waals surface area contributed by atoms with E-state index in [1.54, 1.807) is 0 Å². The molecule has 4 heterocycles. The van der Waals surface area contributed by atoms with Crippen molar-refractivity contribution in [3.63, 3.8) is 0 Å². The van der Waals surface area contributed by atoms with Crippen LogP contribution in [0.4, 0.5) is 32.0 Å². The van der Waals surface area contributed by atoms with Crippen LogP contribution in [-0.4, -0.2) is 83.8 Å². The number of halogens is 6. The number of hydrogen-bond donors (Lipinski definition) is 2. The minimum Gasteiger partial charge on any atom is -0.475 e. The van der Waals surface area contributed by atoms with Gasteiger partial charge < -0.3 is 19.8 Å². The summed E-state index contributed by atoms with van der Waals surface area (Å²) in [5.41, 5.74) is 1.45. The number of ether oxygens (including phenoxy) is 1. The minimum atomic E-state index is -5.08. The lowest BCUT2D eigenvalue weighted by Crippen LogP contribution is -2.50. The van der Waals surface area contributed by atoms with E-state index in [0.717, 1.165) is 39.4 Å². The van der Waals surface area contributed by atoms with E-state index >= 15 is 0 Å². The zero-order valence-electron chi connectivity index (χ0n) is 21.0. The molecular weight excluding hydrogens is 556 g/mol. The average Bonchev–Trinajstić information content (AvgIpc) is 3.14. The average molecular weight is 586 g/mol. The highest BCUT2D eigenvalue weighted by Crippen LogP contribution is 2.35. The molecular formula is C24H29F6N3O5S. The van der Waals surface area contributed by atoms with E-state index in [1.165, 1.54) is 34.8 Å². The van der Waals surface area contributed by atoms with Crippen molar-refractivity contribution in [2.24, 2.45) is 5.41 Å². The largest absolute Gasteiger partial charge is 0.490 e. The van der Waals surface area contributed by atoms with Crippen molar-refractivity contribution in [1.82, 2.24) is 9.88 Å². The number of hydrogen-bond acceptors (Lipinski definition) is 7. The van der Waals surface area contributed by atoms with Gasteiger partial charge in [0.05, 0.1) is 25.1 Å². The number of aromatic nitrogens is 1. The Labute approximate surface area is 224 Å². The molecule has 0 bridgehead atoms. The number of nitrogens with zero attached hydrogens (tertiary/aromatic N) is 3. The number of rotatable bonds is 3. The molecule has 0 aromatic carbocycles. The number of aryl methyl sites for hydroxylation is 1. The van der Waals surface area contributed by atoms with Gasteiger partial charge in [-0.15, -0.1) is 11.3 Å². The molecule has 2 saturated heterocycles. The third kappa shape index (κ3) is 11.0. The van der Waals surface area contributed by atoms with Crippen LogP contribution < -0.4 is 4.90 Å². The summed E-state index contributed by atoms with van der Waals surface area (Å²) in [6.45, 7) is 9.30. The van der Waals surface area contributed by atoms with Crippen molar-refractivity contribution in [2.45, 2.75) is 38.7 Å². The van der Waals surface area contributed by atoms with Crippen molar-refractivity contribution in [1.29, 1.82) is 0 Å². The van der Waals surface area contributed by atoms with Crippen LogP contribution in [0.25, 0.3) is 0 Å². The second-order valence-corrected chi connectivity index (χ2v) is 10.5. The standard InChI is InChI=1S/C20H27N3OS.2C2HF3O2/c1-17-5-6-19(25-17)13-22-9-3-7-20(14-22)15-23(10-11-24-16-20)18-4-2-8-21-12-18;2*3-2(4,5)1(6)7/h2,4-6,8,12H,3,7,9-11,13-16H2,1H3;2*(H,6,7). The Morgan fingerprint density at radius 3 is 2.21 bits per heavy atom. The zero-order chi connectivity index (χ0) is 29.3. The Morgan fingerprint density at radius 2 is 1.69 bits per heavy atom. The number of thiophene rings is 1. The second kappa shape index (κ2) is 13.9. The van der Waals surface area contributed by atoms with Crippen LogP contribution in [0.15, 0.2) is 36.7 Å². The molecule has 2 aliphatic rings. The molecule has 0 saturated carbocycles. The monoisotopic (exact) mass is 585 g/mol. The highest BCUT2D eigenvalue weighted by atomic mass is 32.1. The summed E-state index contributed by atoms with van der Waals surface area (Å²) in [5, 5.41) is 14.2. The van der Waals surface area contributed by atoms with Crippen molar-refractivity contribution in [2.75, 3.05) is 44.3 Å². The van der Waals surface area contributed by atoms with Gasteiger partial charge in [0.1, 0.15) is 0 Å². The number of carboxylic acid groups (broad SMARTS) is 2. The first-order chi connectivity index (χ1) is 18.1. The molecule has 0 amide bonds. The summed E-state index contributed by atoms with van der Waals surface area (Å²) in [4.78, 5) is 30.1. The van der Waals surface area contributed by atoms with Crippen LogP contribution in [-0.2, 0) is 20.9 Å². The molecule has 39 heavy (non-hydrogen) atoms. The van der Waals surface area contributed by atoms with Gasteiger partial charge in [0.15, 0.2) is 0 Å². The van der Waals surface area contributed by atoms with Crippen LogP contribution in [0.5, 0.6) is 0 Å². The Balaban J connectivity index is 0.000000317. The molecule has 1 atom stereocenters. The van der Waals surface area contributed by atoms with E-state index < -0.39 is 24.3 Å². The first-order valence-corrected chi connectivity index (χ1v) is 12.5. The quantitative estimate of drug-likeness (QED) is 0.494. The first-order valence-electron chi connectivity index (χ1n) is 11.7. The summed E-state index contributed by atoms with van der Waals surface area (Å²) >= 11 is 1.93. The number of pyridine rings is 1. The summed E-state index contributed by atoms with van der Waals surface area (Å²) in [5.74, 6) is -5.51. The van der Waals surface area contributed by atoms with E-state index in [1.807, 2.05) is 29.8 Å². The number of alkyl halides is 6. The highest BCUT2D eigenvalue weighted by molar-refractivity contribution is 7.11. The minimum absolute atomic E-state index is 0.233. The number of aliphatic carboxylic acids is 2. The second-order valence-electron chi connectivity index (χ2n) is 9.12. The Bertz CT molecular complexity index is 1040. The molecule has 8 nitrogen and oxygen atoms in total. The molecule has 1 spiro atoms. The van der Waals surface area contributed by atoms with Crippen molar-refractivity contribution in [3.8, 4) is 0 Å². The fourth-order valence-corrected chi connectivity index (χ4v) is 5.17. The smallest absolute Gasteiger partial charge is 0.475 e. The molecule has 2 aliphatic heterocycles. The van der Waals surface area contributed by atoms with Crippen LogP contribution in [0, 0.1) is 12.3 Å². The Morgan fingerprint density at radius 1 is 1.05 bits per heavy atom. The summed E-state index contributed by atoms with van der Waals surface area (Å²) in [6, 6.07) is 8.71. The molecule has 218 valence electrons. The highest BCUT2D eigenvalue weighted by Gasteiger charge is 2.40. The number of piperidine rings is 1. The van der Waals surface area contributed by atoms with Gasteiger partial charge in [-0.05, 0) is 50.6 Å². The van der Waals surface area contributed by atoms with E-state index in [2.05, 4.69) is 39.9 Å². The summed E-state index contributed by atoms with van der Waals surface area (Å²) in [6.07, 6.45) is -3.83. The molecule has 1 unspecified atom stereocenters. The molecule has 2 fully saturated rings. The lowest BCUT2D eigenvalue weighted by atomic mass is 9.80. The van der Waals surface area contributed by atoms with Gasteiger partial charge in [0.2, 0.25) is 0 Å². The van der Waals surface area contributed by atoms with Gasteiger partial charge in [0, 0.05) is 47.5 Å². The van der Waals surface area contributed by atoms with Crippen molar-refractivity contribution in [3.05, 3.63) is 46.4 Å². The number of carboxylic acids is 2. The topological polar surface area (TPSA) is 103 Å². The van der Waals surface area contributed by atoms with Crippen LogP contribution in [0.2, 0.25) is 0 Å². The Kier molecular flexibility index (Phi) is 11.5. The number of anilines is 1. The maximum atomic E-state index is 10.6. The molecule has 2 aromatic rings. The lowest BCUT2D eigenvalue weighted by Gasteiger charge is -2.44. The number of likely N-dealkylation sites (tertiary alicyclic amines) is 1. The molecule has 0 aliphatic carbocycles. The molecule has 2 N–H and O–H groups in total. The van der Waals surface area contributed by atoms with E-state index in [4.69, 9.17) is 24.5 Å². The van der Waals surface area contributed by atoms with Crippen LogP contribution >= 0.6 is 11.3 Å². The predicted molar refractivity (Wildman–Crippen MR) is 131 cm³/mol. The third-order valence-electron chi connectivity index (χ3n) is 5.85. The fraction of sp³-hybridized carbons (Fsp3) is 0.542. The van der Waals surface area contributed by atoms with Gasteiger partial charge in [-0.3, -0.25) is 9.88 Å². The van der Waals surface area contributed by atoms with Crippen molar-refractivity contribution < 1.29 is 50.9 Å². The van der Waals surface area contributed by atoms with Gasteiger partial charge in [-0.2, -0.15) is 26.3 Å². The van der Waals surface area contributed by atoms with E-state index in [0.29, 0.717) is 0 Å². The fourth-order valence-electron chi connectivity index (χ4n) is 4.24. The first kappa shape index (κ1) is 32.3. The Hall–Kier alpha value is -2.91. The maximum absolute atomic E-state index is 10.6. The zero-order valence-corrected chi connectivity index (χ0v) is 21.8. The molecule has 2 aromatic heterocycles. The summed E-state index contributed by atoms with van der Waals surface area (Å²) < 4.78 is 69.5. The summed E-state index contributed by atoms with van der Waals surface area (Å²) in [7, 11) is 0. The molecule has 0 radical (unpaired) electrons. The number of carbonyl (C=O) groups is 2. The third-order valence-corrected chi connectivity index (χ3v) is 6.84. The van der Waals surface area contributed by atoms with Crippen LogP contribution in [0.1, 0.15) is 22.6 Å². The molecule has 4 rings (SSSR count). The maximum Gasteiger partial charge on any atom is 0.490 e. The SMILES string of the molecule is Cc1ccc(CN2CCCC3(COCCN(c4cccnc4)C3)C2)s1.O=C(O)C(F)(F)F.O=C(O)C(F)(F)F. The normalized spacial score (nSPS) is 20.2. The van der Waals surface area contributed by atoms with Gasteiger partial charge >= 0.3 is 24.3 Å². The van der Waals surface area contributed by atoms with Gasteiger partial charge in [0.25, 0.3) is 0 Å². The van der Waals surface area contributed by atoms with Gasteiger partial charge in [-0.25, -0.2) is 9.59 Å². The lowest BCUT2D eigenvalue weighted by molar-refractivity contribution is -0.193. The van der Waals surface area contributed by atoms with E-state index in [9.17, 15) is 26.3 Å². The van der Waals surface area contributed by atoms with Crippen molar-refractivity contribution >= 4 is 29.0 Å². The molecule has 15 heteroatoms. The van der Waals surface area contributed by atoms with E-state index in [-0.39, 0.29) is 5.41 Å². The predicted octanol–water partition coefficient (Wildman–Crippen LogP) is 4.84. The van der Waals surface area contributed by atoms with Crippen LogP contribution in [0.3, 0.4) is 0 Å². The van der Waals surface area contributed by atoms with Gasteiger partial charge in [-0.1, -0.05) is 0 Å².